The molecule has 1 aromatic carbocycles. The van der Waals surface area contributed by atoms with Gasteiger partial charge in [0.15, 0.2) is 0 Å². The van der Waals surface area contributed by atoms with E-state index in [1.54, 1.807) is 13.2 Å². The molecule has 0 aliphatic heterocycles. The summed E-state index contributed by atoms with van der Waals surface area (Å²) in [6.45, 7) is 3.63. The quantitative estimate of drug-likeness (QED) is 0.600. The molecule has 0 fully saturated rings. The second-order valence-corrected chi connectivity index (χ2v) is 1.89. The predicted molar refractivity (Wildman–Crippen MR) is 41.9 cm³/mol. The Morgan fingerprint density at radius 2 is 2.40 bits per heavy atom. The molecular weight excluding hydrogens is 124 g/mol. The fourth-order valence-corrected chi connectivity index (χ4v) is 0.677. The normalized spacial score (nSPS) is 8.90. The molecule has 0 aromatic heterocycles. The summed E-state index contributed by atoms with van der Waals surface area (Å²) in [4.78, 5) is 0. The number of benzene rings is 1. The highest BCUT2D eigenvalue weighted by molar-refractivity contribution is 5.47. The van der Waals surface area contributed by atoms with Crippen LogP contribution in [-0.4, -0.2) is 7.11 Å². The van der Waals surface area contributed by atoms with Crippen LogP contribution in [0.25, 0.3) is 6.08 Å². The van der Waals surface area contributed by atoms with E-state index in [4.69, 9.17) is 4.74 Å². The summed E-state index contributed by atoms with van der Waals surface area (Å²) in [6.07, 6.45) is 1.77. The first-order chi connectivity index (χ1) is 4.86. The van der Waals surface area contributed by atoms with Crippen molar-refractivity contribution in [2.45, 2.75) is 0 Å². The SMILES string of the molecule is C=Cc1c[c]c(OC)cc1. The highest BCUT2D eigenvalue weighted by Crippen LogP contribution is 2.10. The fourth-order valence-electron chi connectivity index (χ4n) is 0.677. The molecule has 0 saturated heterocycles. The van der Waals surface area contributed by atoms with Gasteiger partial charge in [-0.15, -0.1) is 0 Å². The van der Waals surface area contributed by atoms with Crippen LogP contribution in [0.5, 0.6) is 5.75 Å². The first-order valence-electron chi connectivity index (χ1n) is 3.05. The first-order valence-corrected chi connectivity index (χ1v) is 3.05. The van der Waals surface area contributed by atoms with E-state index in [0.717, 1.165) is 11.3 Å². The van der Waals surface area contributed by atoms with E-state index in [1.807, 2.05) is 18.2 Å². The van der Waals surface area contributed by atoms with Crippen LogP contribution in [0.3, 0.4) is 0 Å². The lowest BCUT2D eigenvalue weighted by molar-refractivity contribution is 0.414. The molecule has 0 aliphatic carbocycles. The molecule has 51 valence electrons. The van der Waals surface area contributed by atoms with Crippen LogP contribution in [0.2, 0.25) is 0 Å². The van der Waals surface area contributed by atoms with E-state index < -0.39 is 0 Å². The van der Waals surface area contributed by atoms with Crippen molar-refractivity contribution in [3.05, 3.63) is 36.4 Å². The molecule has 0 amide bonds. The summed E-state index contributed by atoms with van der Waals surface area (Å²) in [7, 11) is 1.62. The lowest BCUT2D eigenvalue weighted by Gasteiger charge is -1.97. The van der Waals surface area contributed by atoms with Crippen molar-refractivity contribution < 1.29 is 4.74 Å². The largest absolute Gasteiger partial charge is 0.496 e. The van der Waals surface area contributed by atoms with E-state index in [2.05, 4.69) is 12.6 Å². The topological polar surface area (TPSA) is 9.23 Å². The Morgan fingerprint density at radius 3 is 2.80 bits per heavy atom. The molecule has 1 nitrogen and oxygen atoms in total. The first kappa shape index (κ1) is 6.87. The van der Waals surface area contributed by atoms with Crippen molar-refractivity contribution in [1.82, 2.24) is 0 Å². The van der Waals surface area contributed by atoms with Crippen molar-refractivity contribution in [1.29, 1.82) is 0 Å². The van der Waals surface area contributed by atoms with Gasteiger partial charge < -0.3 is 4.74 Å². The van der Waals surface area contributed by atoms with Crippen LogP contribution < -0.4 is 4.74 Å². The Bertz CT molecular complexity index is 211. The van der Waals surface area contributed by atoms with Gasteiger partial charge in [0.05, 0.1) is 7.11 Å². The Labute approximate surface area is 61.0 Å². The molecule has 10 heavy (non-hydrogen) atoms. The van der Waals surface area contributed by atoms with Crippen LogP contribution in [0.1, 0.15) is 5.56 Å². The van der Waals surface area contributed by atoms with Crippen molar-refractivity contribution >= 4 is 6.08 Å². The number of rotatable bonds is 2. The van der Waals surface area contributed by atoms with Gasteiger partial charge in [-0.1, -0.05) is 18.7 Å². The van der Waals surface area contributed by atoms with Gasteiger partial charge in [-0.05, 0) is 17.7 Å². The van der Waals surface area contributed by atoms with Crippen LogP contribution in [0.4, 0.5) is 0 Å². The van der Waals surface area contributed by atoms with E-state index in [9.17, 15) is 0 Å². The zero-order chi connectivity index (χ0) is 7.40. The molecule has 0 aliphatic rings. The van der Waals surface area contributed by atoms with Crippen molar-refractivity contribution in [3.63, 3.8) is 0 Å². The summed E-state index contributed by atoms with van der Waals surface area (Å²) in [6, 6.07) is 8.57. The van der Waals surface area contributed by atoms with E-state index in [-0.39, 0.29) is 0 Å². The number of hydrogen-bond donors (Lipinski definition) is 0. The average molecular weight is 133 g/mol. The average Bonchev–Trinajstić information content (AvgIpc) is 2.05. The van der Waals surface area contributed by atoms with Gasteiger partial charge in [0.2, 0.25) is 0 Å². The second-order valence-electron chi connectivity index (χ2n) is 1.89. The Morgan fingerprint density at radius 1 is 1.60 bits per heavy atom. The third-order valence-electron chi connectivity index (χ3n) is 1.26. The van der Waals surface area contributed by atoms with E-state index >= 15 is 0 Å². The predicted octanol–water partition coefficient (Wildman–Crippen LogP) is 2.14. The van der Waals surface area contributed by atoms with Crippen LogP contribution in [0, 0.1) is 6.07 Å². The lowest BCUT2D eigenvalue weighted by atomic mass is 10.2. The smallest absolute Gasteiger partial charge is 0.126 e. The molecule has 0 spiro atoms. The molecule has 1 radical (unpaired) electrons. The summed E-state index contributed by atoms with van der Waals surface area (Å²) in [5.41, 5.74) is 1.06. The maximum atomic E-state index is 4.92. The lowest BCUT2D eigenvalue weighted by Crippen LogP contribution is -1.81. The van der Waals surface area contributed by atoms with Gasteiger partial charge in [-0.3, -0.25) is 0 Å². The molecule has 0 bridgehead atoms. The highest BCUT2D eigenvalue weighted by atomic mass is 16.5. The van der Waals surface area contributed by atoms with Gasteiger partial charge in [0.25, 0.3) is 0 Å². The zero-order valence-corrected chi connectivity index (χ0v) is 5.92. The second kappa shape index (κ2) is 3.06. The maximum Gasteiger partial charge on any atom is 0.126 e. The minimum absolute atomic E-state index is 0.755. The van der Waals surface area contributed by atoms with Crippen LogP contribution in [-0.2, 0) is 0 Å². The zero-order valence-electron chi connectivity index (χ0n) is 5.92. The number of ether oxygens (including phenoxy) is 1. The summed E-state index contributed by atoms with van der Waals surface area (Å²) < 4.78 is 4.92. The highest BCUT2D eigenvalue weighted by Gasteiger charge is 1.88. The monoisotopic (exact) mass is 133 g/mol. The molecule has 1 aromatic rings. The van der Waals surface area contributed by atoms with Gasteiger partial charge in [0.1, 0.15) is 5.75 Å². The summed E-state index contributed by atoms with van der Waals surface area (Å²) in [5, 5.41) is 0. The van der Waals surface area contributed by atoms with Crippen LogP contribution >= 0.6 is 0 Å². The third kappa shape index (κ3) is 1.38. The van der Waals surface area contributed by atoms with E-state index in [1.165, 1.54) is 0 Å². The Kier molecular flexibility index (Phi) is 2.11. The van der Waals surface area contributed by atoms with Crippen molar-refractivity contribution in [2.75, 3.05) is 7.11 Å². The van der Waals surface area contributed by atoms with Gasteiger partial charge in [0, 0.05) is 6.07 Å². The minimum atomic E-state index is 0.755. The molecule has 1 rings (SSSR count). The van der Waals surface area contributed by atoms with Gasteiger partial charge >= 0.3 is 0 Å². The third-order valence-corrected chi connectivity index (χ3v) is 1.26. The number of methoxy groups -OCH3 is 1. The standard InChI is InChI=1S/C9H9O/c1-3-8-4-6-9(10-2)7-5-8/h3-6H,1H2,2H3. The molecule has 0 saturated carbocycles. The van der Waals surface area contributed by atoms with Crippen molar-refractivity contribution in [2.24, 2.45) is 0 Å². The van der Waals surface area contributed by atoms with Gasteiger partial charge in [-0.2, -0.15) is 0 Å². The molecular formula is C9H9O. The van der Waals surface area contributed by atoms with E-state index in [0.29, 0.717) is 0 Å². The van der Waals surface area contributed by atoms with Gasteiger partial charge in [-0.25, -0.2) is 0 Å². The number of hydrogen-bond acceptors (Lipinski definition) is 1. The molecule has 0 N–H and O–H groups in total. The molecule has 0 heterocycles. The molecule has 0 unspecified atom stereocenters. The molecule has 1 heteroatoms. The maximum absolute atomic E-state index is 4.92. The minimum Gasteiger partial charge on any atom is -0.496 e. The summed E-state index contributed by atoms with van der Waals surface area (Å²) in [5.74, 6) is 0.755. The fraction of sp³-hybridized carbons (Fsp3) is 0.111. The Balaban J connectivity index is 2.90. The summed E-state index contributed by atoms with van der Waals surface area (Å²) >= 11 is 0. The Hall–Kier alpha value is -1.24. The van der Waals surface area contributed by atoms with Crippen molar-refractivity contribution in [3.8, 4) is 5.75 Å². The molecule has 0 atom stereocenters. The van der Waals surface area contributed by atoms with Crippen LogP contribution in [0.15, 0.2) is 24.8 Å².